The Bertz CT molecular complexity index is 609. The Morgan fingerprint density at radius 1 is 0.283 bits per heavy atom. The number of hydrogen-bond donors (Lipinski definition) is 0. The third kappa shape index (κ3) is 33.6. The zero-order chi connectivity index (χ0) is 39.6. The van der Waals surface area contributed by atoms with Crippen LogP contribution in [0.1, 0.15) is 229 Å². The molecule has 0 aliphatic carbocycles. The van der Waals surface area contributed by atoms with Crippen LogP contribution in [0.15, 0.2) is 0 Å². The smallest absolute Gasteiger partial charge is 0.160 e. The molecule has 0 spiro atoms. The highest BCUT2D eigenvalue weighted by Crippen LogP contribution is 2.30. The van der Waals surface area contributed by atoms with Gasteiger partial charge >= 0.3 is 0 Å². The van der Waals surface area contributed by atoms with Crippen molar-refractivity contribution in [1.82, 2.24) is 0 Å². The summed E-state index contributed by atoms with van der Waals surface area (Å²) in [6.45, 7) is 20.2. The zero-order valence-electron chi connectivity index (χ0n) is 37.8. The Hall–Kier alpha value is -0.240. The molecule has 0 saturated heterocycles. The summed E-state index contributed by atoms with van der Waals surface area (Å²) in [7, 11) is 3.48. The molecule has 0 aromatic heterocycles. The largest absolute Gasteiger partial charge is 0.356 e. The van der Waals surface area contributed by atoms with Gasteiger partial charge in [-0.1, -0.05) is 163 Å². The van der Waals surface area contributed by atoms with Crippen molar-refractivity contribution in [2.24, 2.45) is 17.8 Å². The number of methoxy groups -OCH3 is 2. The van der Waals surface area contributed by atoms with Gasteiger partial charge in [-0.15, -0.1) is 0 Å². The van der Waals surface area contributed by atoms with Gasteiger partial charge in [0, 0.05) is 58.4 Å². The minimum Gasteiger partial charge on any atom is -0.356 e. The van der Waals surface area contributed by atoms with E-state index < -0.39 is 0 Å². The van der Waals surface area contributed by atoms with E-state index in [1.807, 2.05) is 0 Å². The second-order valence-electron chi connectivity index (χ2n) is 15.4. The van der Waals surface area contributed by atoms with Gasteiger partial charge in [-0.2, -0.15) is 0 Å². The van der Waals surface area contributed by atoms with Gasteiger partial charge in [0.05, 0.1) is 0 Å². The number of hydrogen-bond acceptors (Lipinski definition) is 6. The standard InChI is InChI=1S/C32H66O4.C15H32O2/c1-7-13-15-17-19-21-23-25-29(31(33-9-3)34-10-4)27-28-30(32(35-11-5)36-12-6)26-24-22-20-18-16-14-8-2;1-5-7-8-9-10-11-12-13-14(6-2)15(16-3)17-4/h29-32H,7-28H2,1-6H3;14-15H,5-13H2,1-4H3. The van der Waals surface area contributed by atoms with E-state index in [2.05, 4.69) is 55.4 Å². The molecule has 53 heavy (non-hydrogen) atoms. The van der Waals surface area contributed by atoms with Crippen LogP contribution in [0.25, 0.3) is 0 Å². The Morgan fingerprint density at radius 2 is 0.547 bits per heavy atom. The summed E-state index contributed by atoms with van der Waals surface area (Å²) in [5.41, 5.74) is 0. The van der Waals surface area contributed by atoms with Crippen molar-refractivity contribution in [1.29, 1.82) is 0 Å². The topological polar surface area (TPSA) is 55.4 Å². The number of unbranched alkanes of at least 4 members (excludes halogenated alkanes) is 18. The van der Waals surface area contributed by atoms with E-state index in [0.717, 1.165) is 19.3 Å². The lowest BCUT2D eigenvalue weighted by Gasteiger charge is -2.31. The average molecular weight is 759 g/mol. The summed E-state index contributed by atoms with van der Waals surface area (Å²) in [5, 5.41) is 0. The fourth-order valence-electron chi connectivity index (χ4n) is 7.66. The van der Waals surface area contributed by atoms with Gasteiger partial charge in [0.1, 0.15) is 0 Å². The molecule has 0 aliphatic rings. The fraction of sp³-hybridized carbons (Fsp3) is 1.00. The molecule has 0 rings (SSSR count). The molecule has 3 unspecified atom stereocenters. The molecule has 0 radical (unpaired) electrons. The first-order chi connectivity index (χ1) is 26.0. The fourth-order valence-corrected chi connectivity index (χ4v) is 7.66. The van der Waals surface area contributed by atoms with Crippen molar-refractivity contribution in [3.05, 3.63) is 0 Å². The van der Waals surface area contributed by atoms with Gasteiger partial charge < -0.3 is 28.4 Å². The van der Waals surface area contributed by atoms with E-state index >= 15 is 0 Å². The second-order valence-corrected chi connectivity index (χ2v) is 15.4. The van der Waals surface area contributed by atoms with Gasteiger partial charge in [0.15, 0.2) is 18.9 Å². The first-order valence-corrected chi connectivity index (χ1v) is 23.5. The van der Waals surface area contributed by atoms with Crippen LogP contribution in [0, 0.1) is 17.8 Å². The van der Waals surface area contributed by atoms with Gasteiger partial charge in [0.25, 0.3) is 0 Å². The molecule has 0 amide bonds. The molecular weight excluding hydrogens is 661 g/mol. The Kier molecular flexibility index (Phi) is 46.0. The third-order valence-electron chi connectivity index (χ3n) is 10.9. The Morgan fingerprint density at radius 3 is 0.792 bits per heavy atom. The van der Waals surface area contributed by atoms with Crippen molar-refractivity contribution >= 4 is 0 Å². The normalized spacial score (nSPS) is 13.5. The molecular formula is C47H98O6. The predicted octanol–water partition coefficient (Wildman–Crippen LogP) is 14.9. The SMILES string of the molecule is CCCCCCCCCC(CC)C(OC)OC.CCCCCCCCCC(CCC(CCCCCCCCC)C(OCC)OCC)C(OCC)OCC. The van der Waals surface area contributed by atoms with Crippen molar-refractivity contribution in [2.45, 2.75) is 248 Å². The van der Waals surface area contributed by atoms with E-state index in [1.54, 1.807) is 14.2 Å². The van der Waals surface area contributed by atoms with E-state index in [1.165, 1.54) is 154 Å². The average Bonchev–Trinajstić information content (AvgIpc) is 3.16. The number of rotatable bonds is 41. The van der Waals surface area contributed by atoms with Crippen LogP contribution in [-0.2, 0) is 28.4 Å². The van der Waals surface area contributed by atoms with E-state index in [0.29, 0.717) is 44.2 Å². The molecule has 0 N–H and O–H groups in total. The first-order valence-electron chi connectivity index (χ1n) is 23.5. The second kappa shape index (κ2) is 44.5. The first kappa shape index (κ1) is 54.9. The Labute approximate surface area is 333 Å². The lowest BCUT2D eigenvalue weighted by Crippen LogP contribution is -2.31. The predicted molar refractivity (Wildman–Crippen MR) is 230 cm³/mol. The molecule has 0 heterocycles. The van der Waals surface area contributed by atoms with E-state index in [9.17, 15) is 0 Å². The lowest BCUT2D eigenvalue weighted by atomic mass is 9.88. The highest BCUT2D eigenvalue weighted by atomic mass is 16.7. The van der Waals surface area contributed by atoms with Crippen molar-refractivity contribution in [2.75, 3.05) is 40.6 Å². The van der Waals surface area contributed by atoms with Gasteiger partial charge in [-0.25, -0.2) is 0 Å². The molecule has 0 aromatic rings. The van der Waals surface area contributed by atoms with Crippen molar-refractivity contribution < 1.29 is 28.4 Å². The monoisotopic (exact) mass is 759 g/mol. The molecule has 0 bridgehead atoms. The number of ether oxygens (including phenoxy) is 6. The maximum atomic E-state index is 6.10. The maximum Gasteiger partial charge on any atom is 0.160 e. The minimum absolute atomic E-state index is 0.0138. The minimum atomic E-state index is -0.0862. The van der Waals surface area contributed by atoms with Crippen LogP contribution in [0.3, 0.4) is 0 Å². The van der Waals surface area contributed by atoms with Crippen molar-refractivity contribution in [3.63, 3.8) is 0 Å². The van der Waals surface area contributed by atoms with Crippen LogP contribution in [0.5, 0.6) is 0 Å². The summed E-state index contributed by atoms with van der Waals surface area (Å²) in [4.78, 5) is 0. The van der Waals surface area contributed by atoms with Gasteiger partial charge in [-0.3, -0.25) is 0 Å². The highest BCUT2D eigenvalue weighted by molar-refractivity contribution is 4.71. The van der Waals surface area contributed by atoms with Crippen LogP contribution in [-0.4, -0.2) is 59.5 Å². The molecule has 6 heteroatoms. The molecule has 322 valence electrons. The Balaban J connectivity index is 0. The summed E-state index contributed by atoms with van der Waals surface area (Å²) in [6, 6.07) is 0. The van der Waals surface area contributed by atoms with Gasteiger partial charge in [0.2, 0.25) is 0 Å². The molecule has 6 nitrogen and oxygen atoms in total. The molecule has 0 aromatic carbocycles. The molecule has 3 atom stereocenters. The van der Waals surface area contributed by atoms with Crippen LogP contribution >= 0.6 is 0 Å². The summed E-state index contributed by atoms with van der Waals surface area (Å²) in [5.74, 6) is 1.45. The van der Waals surface area contributed by atoms with E-state index in [-0.39, 0.29) is 18.9 Å². The van der Waals surface area contributed by atoms with Gasteiger partial charge in [-0.05, 0) is 66.2 Å². The van der Waals surface area contributed by atoms with Crippen LogP contribution < -0.4 is 0 Å². The van der Waals surface area contributed by atoms with Crippen LogP contribution in [0.4, 0.5) is 0 Å². The third-order valence-corrected chi connectivity index (χ3v) is 10.9. The van der Waals surface area contributed by atoms with E-state index in [4.69, 9.17) is 28.4 Å². The van der Waals surface area contributed by atoms with Crippen molar-refractivity contribution in [3.8, 4) is 0 Å². The quantitative estimate of drug-likeness (QED) is 0.0457. The zero-order valence-corrected chi connectivity index (χ0v) is 37.8. The summed E-state index contributed by atoms with van der Waals surface area (Å²) < 4.78 is 35.1. The molecule has 0 saturated carbocycles. The molecule has 0 aliphatic heterocycles. The lowest BCUT2D eigenvalue weighted by molar-refractivity contribution is -0.182. The highest BCUT2D eigenvalue weighted by Gasteiger charge is 2.27. The summed E-state index contributed by atoms with van der Waals surface area (Å²) >= 11 is 0. The maximum absolute atomic E-state index is 6.10. The summed E-state index contributed by atoms with van der Waals surface area (Å²) in [6.07, 6.45) is 35.3. The molecule has 0 fully saturated rings. The van der Waals surface area contributed by atoms with Crippen LogP contribution in [0.2, 0.25) is 0 Å².